The minimum absolute atomic E-state index is 0.124. The molecule has 1 atom stereocenters. The first-order chi connectivity index (χ1) is 14.3. The number of carboxylic acid groups (broad SMARTS) is 1. The second-order valence-electron chi connectivity index (χ2n) is 7.96. The largest absolute Gasteiger partial charge is 0.480 e. The summed E-state index contributed by atoms with van der Waals surface area (Å²) < 4.78 is 0. The molecule has 5 N–H and O–H groups in total. The Morgan fingerprint density at radius 1 is 1.03 bits per heavy atom. The minimum Gasteiger partial charge on any atom is -0.480 e. The third-order valence-electron chi connectivity index (χ3n) is 5.22. The van der Waals surface area contributed by atoms with Gasteiger partial charge in [-0.1, -0.05) is 75.7 Å². The first kappa shape index (κ1) is 23.6. The molecule has 30 heavy (non-hydrogen) atoms. The summed E-state index contributed by atoms with van der Waals surface area (Å²) in [5.41, 5.74) is 15.4. The van der Waals surface area contributed by atoms with E-state index in [4.69, 9.17) is 11.5 Å². The summed E-state index contributed by atoms with van der Waals surface area (Å²) in [7, 11) is 0. The fourth-order valence-electron chi connectivity index (χ4n) is 3.63. The van der Waals surface area contributed by atoms with Gasteiger partial charge in [-0.25, -0.2) is 4.79 Å². The summed E-state index contributed by atoms with van der Waals surface area (Å²) in [5, 5.41) is 9.72. The average molecular weight is 412 g/mol. The van der Waals surface area contributed by atoms with Crippen LogP contribution in [0.15, 0.2) is 48.5 Å². The van der Waals surface area contributed by atoms with Gasteiger partial charge in [0.2, 0.25) is 5.91 Å². The molecule has 0 unspecified atom stereocenters. The van der Waals surface area contributed by atoms with Crippen LogP contribution in [0.2, 0.25) is 0 Å². The molecule has 0 saturated carbocycles. The van der Waals surface area contributed by atoms with Crippen LogP contribution in [0.25, 0.3) is 11.1 Å². The van der Waals surface area contributed by atoms with Gasteiger partial charge in [-0.15, -0.1) is 0 Å². The first-order valence-electron chi connectivity index (χ1n) is 10.5. The topological polar surface area (TPSA) is 110 Å². The van der Waals surface area contributed by atoms with Gasteiger partial charge in [0.25, 0.3) is 0 Å². The number of unbranched alkanes of at least 4 members (excludes halogenated alkanes) is 1. The zero-order chi connectivity index (χ0) is 22.3. The van der Waals surface area contributed by atoms with E-state index in [0.717, 1.165) is 35.1 Å². The van der Waals surface area contributed by atoms with Crippen LogP contribution in [0.3, 0.4) is 0 Å². The zero-order valence-corrected chi connectivity index (χ0v) is 18.0. The molecule has 0 heterocycles. The lowest BCUT2D eigenvalue weighted by Gasteiger charge is -2.32. The van der Waals surface area contributed by atoms with Crippen LogP contribution in [0.4, 0.5) is 0 Å². The predicted molar refractivity (Wildman–Crippen MR) is 119 cm³/mol. The fraction of sp³-hybridized carbons (Fsp3) is 0.417. The van der Waals surface area contributed by atoms with E-state index in [9.17, 15) is 14.7 Å². The number of aliphatic carboxylic acids is 1. The third-order valence-corrected chi connectivity index (χ3v) is 5.22. The fourth-order valence-corrected chi connectivity index (χ4v) is 3.63. The van der Waals surface area contributed by atoms with Crippen molar-refractivity contribution in [1.82, 2.24) is 4.90 Å². The van der Waals surface area contributed by atoms with Gasteiger partial charge in [0.1, 0.15) is 6.04 Å². The molecule has 6 nitrogen and oxygen atoms in total. The number of carbonyl (C=O) groups is 2. The van der Waals surface area contributed by atoms with Crippen molar-refractivity contribution >= 4 is 11.9 Å². The highest BCUT2D eigenvalue weighted by atomic mass is 16.4. The van der Waals surface area contributed by atoms with Crippen molar-refractivity contribution in [1.29, 1.82) is 0 Å². The minimum atomic E-state index is -0.975. The first-order valence-corrected chi connectivity index (χ1v) is 10.5. The SMILES string of the molecule is CCCCC(=O)N(Cc1ccc(-c2ccccc2C(N)N)cc1)[C@H](C(=O)O)C(C)C. The highest BCUT2D eigenvalue weighted by molar-refractivity contribution is 5.84. The summed E-state index contributed by atoms with van der Waals surface area (Å²) >= 11 is 0. The molecule has 2 aromatic rings. The molecule has 0 saturated heterocycles. The summed E-state index contributed by atoms with van der Waals surface area (Å²) in [6.07, 6.45) is 1.41. The van der Waals surface area contributed by atoms with Gasteiger partial charge in [0.05, 0.1) is 6.17 Å². The van der Waals surface area contributed by atoms with Gasteiger partial charge in [0, 0.05) is 13.0 Å². The molecule has 0 fully saturated rings. The van der Waals surface area contributed by atoms with Crippen LogP contribution in [0.1, 0.15) is 57.3 Å². The molecule has 0 aliphatic carbocycles. The van der Waals surface area contributed by atoms with E-state index >= 15 is 0 Å². The summed E-state index contributed by atoms with van der Waals surface area (Å²) in [4.78, 5) is 26.2. The second-order valence-corrected chi connectivity index (χ2v) is 7.96. The molecule has 0 aliphatic rings. The molecular formula is C24H33N3O3. The number of nitrogens with zero attached hydrogens (tertiary/aromatic N) is 1. The van der Waals surface area contributed by atoms with Gasteiger partial charge in [-0.3, -0.25) is 4.79 Å². The molecule has 0 aromatic heterocycles. The van der Waals surface area contributed by atoms with Gasteiger partial charge >= 0.3 is 5.97 Å². The molecule has 0 aliphatic heterocycles. The maximum atomic E-state index is 12.8. The molecule has 2 aromatic carbocycles. The van der Waals surface area contributed by atoms with Crippen LogP contribution in [-0.4, -0.2) is 27.9 Å². The quantitative estimate of drug-likeness (QED) is 0.514. The number of amides is 1. The van der Waals surface area contributed by atoms with Crippen LogP contribution >= 0.6 is 0 Å². The van der Waals surface area contributed by atoms with E-state index < -0.39 is 18.2 Å². The van der Waals surface area contributed by atoms with E-state index in [2.05, 4.69) is 0 Å². The summed E-state index contributed by atoms with van der Waals surface area (Å²) in [6.45, 7) is 5.93. The maximum Gasteiger partial charge on any atom is 0.326 e. The van der Waals surface area contributed by atoms with Crippen LogP contribution in [-0.2, 0) is 16.1 Å². The lowest BCUT2D eigenvalue weighted by atomic mass is 9.96. The number of rotatable bonds is 10. The highest BCUT2D eigenvalue weighted by Gasteiger charge is 2.32. The van der Waals surface area contributed by atoms with Gasteiger partial charge < -0.3 is 21.5 Å². The molecular weight excluding hydrogens is 378 g/mol. The van der Waals surface area contributed by atoms with E-state index in [1.807, 2.05) is 69.3 Å². The lowest BCUT2D eigenvalue weighted by molar-refractivity contribution is -0.153. The molecule has 1 amide bonds. The number of benzene rings is 2. The molecule has 0 radical (unpaired) electrons. The Balaban J connectivity index is 2.30. The Morgan fingerprint density at radius 3 is 2.20 bits per heavy atom. The Labute approximate surface area is 178 Å². The Bertz CT molecular complexity index is 847. The van der Waals surface area contributed by atoms with E-state index in [1.165, 1.54) is 4.90 Å². The van der Waals surface area contributed by atoms with Crippen molar-refractivity contribution in [3.8, 4) is 11.1 Å². The zero-order valence-electron chi connectivity index (χ0n) is 18.0. The molecule has 6 heteroatoms. The second kappa shape index (κ2) is 10.9. The Morgan fingerprint density at radius 2 is 1.67 bits per heavy atom. The van der Waals surface area contributed by atoms with Crippen LogP contribution < -0.4 is 11.5 Å². The van der Waals surface area contributed by atoms with Gasteiger partial charge in [0.15, 0.2) is 0 Å². The number of hydrogen-bond donors (Lipinski definition) is 3. The third kappa shape index (κ3) is 5.90. The predicted octanol–water partition coefficient (Wildman–Crippen LogP) is 3.90. The van der Waals surface area contributed by atoms with Crippen LogP contribution in [0.5, 0.6) is 0 Å². The molecule has 162 valence electrons. The smallest absolute Gasteiger partial charge is 0.326 e. The van der Waals surface area contributed by atoms with E-state index in [-0.39, 0.29) is 18.4 Å². The standard InChI is InChI=1S/C24H33N3O3/c1-4-5-10-21(28)27(22(16(2)3)24(29)30)15-17-11-13-18(14-12-17)19-8-6-7-9-20(19)23(25)26/h6-9,11-14,16,22-23H,4-5,10,15,25-26H2,1-3H3,(H,29,30)/t22-/m0/s1. The Hall–Kier alpha value is -2.70. The van der Waals surface area contributed by atoms with Crippen molar-refractivity contribution in [3.63, 3.8) is 0 Å². The number of carboxylic acids is 1. The average Bonchev–Trinajstić information content (AvgIpc) is 2.71. The van der Waals surface area contributed by atoms with E-state index in [0.29, 0.717) is 6.42 Å². The Kier molecular flexibility index (Phi) is 8.57. The monoisotopic (exact) mass is 411 g/mol. The van der Waals surface area contributed by atoms with Crippen LogP contribution in [0, 0.1) is 5.92 Å². The number of hydrogen-bond acceptors (Lipinski definition) is 4. The van der Waals surface area contributed by atoms with Gasteiger partial charge in [-0.05, 0) is 34.6 Å². The van der Waals surface area contributed by atoms with Crippen molar-refractivity contribution < 1.29 is 14.7 Å². The van der Waals surface area contributed by atoms with E-state index in [1.54, 1.807) is 0 Å². The van der Waals surface area contributed by atoms with Gasteiger partial charge in [-0.2, -0.15) is 0 Å². The lowest BCUT2D eigenvalue weighted by Crippen LogP contribution is -2.47. The van der Waals surface area contributed by atoms with Crippen molar-refractivity contribution in [2.75, 3.05) is 0 Å². The summed E-state index contributed by atoms with van der Waals surface area (Å²) in [6, 6.07) is 14.6. The number of nitrogens with two attached hydrogens (primary N) is 2. The highest BCUT2D eigenvalue weighted by Crippen LogP contribution is 2.27. The summed E-state index contributed by atoms with van der Waals surface area (Å²) in [5.74, 6) is -1.29. The van der Waals surface area contributed by atoms with Crippen molar-refractivity contribution in [2.24, 2.45) is 17.4 Å². The number of carbonyl (C=O) groups excluding carboxylic acids is 1. The molecule has 2 rings (SSSR count). The normalized spacial score (nSPS) is 12.2. The molecule has 0 spiro atoms. The van der Waals surface area contributed by atoms with Crippen molar-refractivity contribution in [2.45, 2.75) is 58.8 Å². The van der Waals surface area contributed by atoms with Crippen molar-refractivity contribution in [3.05, 3.63) is 59.7 Å². The maximum absolute atomic E-state index is 12.8. The molecule has 0 bridgehead atoms.